The van der Waals surface area contributed by atoms with E-state index < -0.39 is 0 Å². The minimum Gasteiger partial charge on any atom is -0.321 e. The van der Waals surface area contributed by atoms with Gasteiger partial charge in [-0.25, -0.2) is 9.67 Å². The summed E-state index contributed by atoms with van der Waals surface area (Å²) in [6.07, 6.45) is 23.8. The van der Waals surface area contributed by atoms with Crippen molar-refractivity contribution in [3.05, 3.63) is 95.8 Å². The Bertz CT molecular complexity index is 1260. The molecule has 4 aromatic rings. The van der Waals surface area contributed by atoms with Gasteiger partial charge >= 0.3 is 0 Å². The smallest absolute Gasteiger partial charge is 0.181 e. The molecule has 0 unspecified atom stereocenters. The van der Waals surface area contributed by atoms with E-state index in [0.717, 1.165) is 30.7 Å². The Labute approximate surface area is 274 Å². The number of aromatic nitrogens is 3. The zero-order valence-corrected chi connectivity index (χ0v) is 28.5. The van der Waals surface area contributed by atoms with Gasteiger partial charge in [-0.1, -0.05) is 140 Å². The van der Waals surface area contributed by atoms with Crippen LogP contribution in [-0.4, -0.2) is 14.8 Å². The standard InChI is InChI=1S/C41H58N4/c1-4-7-10-12-14-16-19-36-23-29-39(30-24-36)45(40-31-25-37(26-32-40)20-17-15-13-11-8-5-2)34-44-33-42-41(43-44)38-27-21-35(22-28-38)18-9-6-3/h21-33H,4-20,34H2,1-3H3. The molecule has 0 N–H and O–H groups in total. The van der Waals surface area contributed by atoms with Gasteiger partial charge in [-0.15, -0.1) is 5.10 Å². The molecule has 0 atom stereocenters. The van der Waals surface area contributed by atoms with Crippen LogP contribution in [0.5, 0.6) is 0 Å². The maximum atomic E-state index is 4.90. The van der Waals surface area contributed by atoms with E-state index in [0.29, 0.717) is 6.67 Å². The number of hydrogen-bond acceptors (Lipinski definition) is 3. The highest BCUT2D eigenvalue weighted by atomic mass is 15.4. The van der Waals surface area contributed by atoms with Gasteiger partial charge in [0.25, 0.3) is 0 Å². The molecule has 0 saturated carbocycles. The molecule has 0 spiro atoms. The van der Waals surface area contributed by atoms with Gasteiger partial charge in [0.15, 0.2) is 5.82 Å². The van der Waals surface area contributed by atoms with Crippen LogP contribution in [0.2, 0.25) is 0 Å². The predicted octanol–water partition coefficient (Wildman–Crippen LogP) is 11.9. The normalized spacial score (nSPS) is 11.3. The van der Waals surface area contributed by atoms with E-state index in [1.54, 1.807) is 0 Å². The molecule has 0 bridgehead atoms. The molecule has 0 radical (unpaired) electrons. The first kappa shape index (κ1) is 34.5. The first-order chi connectivity index (χ1) is 22.2. The van der Waals surface area contributed by atoms with Gasteiger partial charge < -0.3 is 4.90 Å². The van der Waals surface area contributed by atoms with Crippen LogP contribution in [0.4, 0.5) is 11.4 Å². The van der Waals surface area contributed by atoms with Gasteiger partial charge in [0.1, 0.15) is 13.0 Å². The fourth-order valence-corrected chi connectivity index (χ4v) is 6.06. The summed E-state index contributed by atoms with van der Waals surface area (Å²) >= 11 is 0. The second-order valence-corrected chi connectivity index (χ2v) is 12.8. The van der Waals surface area contributed by atoms with Gasteiger partial charge in [0, 0.05) is 16.9 Å². The SMILES string of the molecule is CCCCCCCCc1ccc(N(Cn2cnc(-c3ccc(CCCC)cc3)n2)c2ccc(CCCCCCCC)cc2)cc1. The number of anilines is 2. The average molecular weight is 607 g/mol. The minimum absolute atomic E-state index is 0.606. The highest BCUT2D eigenvalue weighted by Gasteiger charge is 2.13. The van der Waals surface area contributed by atoms with Crippen LogP contribution >= 0.6 is 0 Å². The molecule has 0 amide bonds. The molecule has 0 fully saturated rings. The van der Waals surface area contributed by atoms with Crippen molar-refractivity contribution in [1.29, 1.82) is 0 Å². The molecule has 0 saturated heterocycles. The monoisotopic (exact) mass is 606 g/mol. The summed E-state index contributed by atoms with van der Waals surface area (Å²) in [6, 6.07) is 27.1. The quantitative estimate of drug-likeness (QED) is 0.0835. The number of hydrogen-bond donors (Lipinski definition) is 0. The third-order valence-electron chi connectivity index (χ3n) is 8.99. The number of aryl methyl sites for hydroxylation is 3. The van der Waals surface area contributed by atoms with Gasteiger partial charge in [-0.2, -0.15) is 0 Å². The van der Waals surface area contributed by atoms with Crippen molar-refractivity contribution < 1.29 is 0 Å². The van der Waals surface area contributed by atoms with E-state index in [-0.39, 0.29) is 0 Å². The summed E-state index contributed by atoms with van der Waals surface area (Å²) in [7, 11) is 0. The highest BCUT2D eigenvalue weighted by molar-refractivity contribution is 5.63. The molecule has 0 aliphatic carbocycles. The maximum absolute atomic E-state index is 4.90. The molecular weight excluding hydrogens is 548 g/mol. The molecule has 45 heavy (non-hydrogen) atoms. The van der Waals surface area contributed by atoms with Crippen molar-refractivity contribution in [2.45, 2.75) is 137 Å². The number of nitrogens with zero attached hydrogens (tertiary/aromatic N) is 4. The molecule has 242 valence electrons. The van der Waals surface area contributed by atoms with Crippen LogP contribution in [0.1, 0.15) is 127 Å². The van der Waals surface area contributed by atoms with Crippen molar-refractivity contribution in [3.63, 3.8) is 0 Å². The zero-order chi connectivity index (χ0) is 31.5. The molecular formula is C41H58N4. The summed E-state index contributed by atoms with van der Waals surface area (Å²) in [5.41, 5.74) is 7.66. The van der Waals surface area contributed by atoms with Crippen molar-refractivity contribution in [2.75, 3.05) is 4.90 Å². The van der Waals surface area contributed by atoms with Gasteiger partial charge in [-0.3, -0.25) is 0 Å². The molecule has 0 aliphatic rings. The van der Waals surface area contributed by atoms with Crippen LogP contribution in [0, 0.1) is 0 Å². The van der Waals surface area contributed by atoms with Crippen molar-refractivity contribution in [3.8, 4) is 11.4 Å². The summed E-state index contributed by atoms with van der Waals surface area (Å²) in [5.74, 6) is 0.778. The summed E-state index contributed by atoms with van der Waals surface area (Å²) < 4.78 is 1.97. The van der Waals surface area contributed by atoms with Crippen molar-refractivity contribution in [2.24, 2.45) is 0 Å². The Balaban J connectivity index is 1.44. The highest BCUT2D eigenvalue weighted by Crippen LogP contribution is 2.28. The van der Waals surface area contributed by atoms with E-state index >= 15 is 0 Å². The molecule has 4 heteroatoms. The lowest BCUT2D eigenvalue weighted by atomic mass is 10.0. The minimum atomic E-state index is 0.606. The summed E-state index contributed by atoms with van der Waals surface area (Å²) in [4.78, 5) is 7.05. The molecule has 1 heterocycles. The van der Waals surface area contributed by atoms with E-state index in [1.165, 1.54) is 118 Å². The second-order valence-electron chi connectivity index (χ2n) is 12.8. The zero-order valence-electron chi connectivity index (χ0n) is 28.5. The van der Waals surface area contributed by atoms with Crippen LogP contribution in [-0.2, 0) is 25.9 Å². The van der Waals surface area contributed by atoms with Crippen LogP contribution < -0.4 is 4.90 Å². The van der Waals surface area contributed by atoms with Gasteiger partial charge in [0.05, 0.1) is 0 Å². The van der Waals surface area contributed by atoms with Crippen molar-refractivity contribution in [1.82, 2.24) is 14.8 Å². The fourth-order valence-electron chi connectivity index (χ4n) is 6.06. The number of rotatable bonds is 22. The lowest BCUT2D eigenvalue weighted by molar-refractivity contribution is 0.607. The van der Waals surface area contributed by atoms with Crippen molar-refractivity contribution >= 4 is 11.4 Å². The van der Waals surface area contributed by atoms with Crippen LogP contribution in [0.3, 0.4) is 0 Å². The van der Waals surface area contributed by atoms with Gasteiger partial charge in [-0.05, 0) is 79.5 Å². The summed E-state index contributed by atoms with van der Waals surface area (Å²) in [6.45, 7) is 7.41. The largest absolute Gasteiger partial charge is 0.321 e. The first-order valence-corrected chi connectivity index (χ1v) is 18.1. The lowest BCUT2D eigenvalue weighted by Crippen LogP contribution is -2.21. The maximum Gasteiger partial charge on any atom is 0.181 e. The second kappa shape index (κ2) is 19.9. The van der Waals surface area contributed by atoms with E-state index in [2.05, 4.69) is 98.5 Å². The average Bonchev–Trinajstić information content (AvgIpc) is 3.55. The fraction of sp³-hybridized carbons (Fsp3) is 0.512. The Morgan fingerprint density at radius 3 is 1.40 bits per heavy atom. The third kappa shape index (κ3) is 11.8. The third-order valence-corrected chi connectivity index (χ3v) is 8.99. The molecule has 4 rings (SSSR count). The number of benzene rings is 3. The first-order valence-electron chi connectivity index (χ1n) is 18.1. The molecule has 4 nitrogen and oxygen atoms in total. The van der Waals surface area contributed by atoms with E-state index in [1.807, 2.05) is 11.0 Å². The van der Waals surface area contributed by atoms with Crippen LogP contribution in [0.15, 0.2) is 79.1 Å². The molecule has 0 aliphatic heterocycles. The Morgan fingerprint density at radius 1 is 0.489 bits per heavy atom. The van der Waals surface area contributed by atoms with Crippen LogP contribution in [0.25, 0.3) is 11.4 Å². The topological polar surface area (TPSA) is 34.0 Å². The molecule has 1 aromatic heterocycles. The Morgan fingerprint density at radius 2 is 0.911 bits per heavy atom. The molecule has 3 aromatic carbocycles. The Hall–Kier alpha value is -3.40. The lowest BCUT2D eigenvalue weighted by Gasteiger charge is -2.25. The summed E-state index contributed by atoms with van der Waals surface area (Å²) in [5, 5.41) is 4.90. The van der Waals surface area contributed by atoms with E-state index in [4.69, 9.17) is 10.1 Å². The predicted molar refractivity (Wildman–Crippen MR) is 193 cm³/mol. The Kier molecular flexibility index (Phi) is 15.2. The van der Waals surface area contributed by atoms with Gasteiger partial charge in [0.2, 0.25) is 0 Å². The van der Waals surface area contributed by atoms with E-state index in [9.17, 15) is 0 Å². The number of unbranched alkanes of at least 4 members (excludes halogenated alkanes) is 11.